The molecule has 1 aliphatic rings. The Balaban J connectivity index is 1.86. The molecule has 1 aliphatic carbocycles. The van der Waals surface area contributed by atoms with Crippen LogP contribution in [0.2, 0.25) is 0 Å². The van der Waals surface area contributed by atoms with E-state index in [0.717, 1.165) is 23.9 Å². The van der Waals surface area contributed by atoms with Gasteiger partial charge in [-0.3, -0.25) is 0 Å². The van der Waals surface area contributed by atoms with E-state index in [-0.39, 0.29) is 5.97 Å². The summed E-state index contributed by atoms with van der Waals surface area (Å²) in [5.41, 5.74) is 1.52. The smallest absolute Gasteiger partial charge is 0.337 e. The van der Waals surface area contributed by atoms with Crippen LogP contribution < -0.4 is 0 Å². The molecule has 0 amide bonds. The highest BCUT2D eigenvalue weighted by molar-refractivity contribution is 5.90. The second kappa shape index (κ2) is 6.12. The van der Waals surface area contributed by atoms with Crippen molar-refractivity contribution in [3.05, 3.63) is 42.2 Å². The molecule has 3 rings (SSSR count). The number of hydrogen-bond acceptors (Lipinski definition) is 3. The molecule has 21 heavy (non-hydrogen) atoms. The first kappa shape index (κ1) is 13.9. The summed E-state index contributed by atoms with van der Waals surface area (Å²) in [5, 5.41) is 0. The normalized spacial score (nSPS) is 15.3. The third kappa shape index (κ3) is 2.99. The predicted octanol–water partition coefficient (Wildman–Crippen LogP) is 3.53. The number of carbonyl (C=O) groups is 1. The minimum atomic E-state index is -0.314. The Morgan fingerprint density at radius 2 is 2.19 bits per heavy atom. The summed E-state index contributed by atoms with van der Waals surface area (Å²) < 4.78 is 6.98. The van der Waals surface area contributed by atoms with E-state index >= 15 is 0 Å². The highest BCUT2D eigenvalue weighted by Crippen LogP contribution is 2.28. The molecule has 0 radical (unpaired) electrons. The van der Waals surface area contributed by atoms with Gasteiger partial charge in [-0.25, -0.2) is 9.78 Å². The van der Waals surface area contributed by atoms with Crippen molar-refractivity contribution in [1.29, 1.82) is 0 Å². The Morgan fingerprint density at radius 3 is 2.95 bits per heavy atom. The number of carbonyl (C=O) groups excluding carboxylic acids is 1. The number of esters is 1. The average Bonchev–Trinajstić information content (AvgIpc) is 3.19. The molecule has 0 atom stereocenters. The number of aromatic nitrogens is 2. The summed E-state index contributed by atoms with van der Waals surface area (Å²) in [6, 6.07) is 7.47. The summed E-state index contributed by atoms with van der Waals surface area (Å²) in [4.78, 5) is 16.1. The van der Waals surface area contributed by atoms with Gasteiger partial charge in [0, 0.05) is 24.5 Å². The van der Waals surface area contributed by atoms with Crippen LogP contribution in [0.3, 0.4) is 0 Å². The van der Waals surface area contributed by atoms with Crippen LogP contribution in [0.5, 0.6) is 0 Å². The SMILES string of the molecule is COC(=O)c1cccc(-c2nccn2CC2CCCC2)c1. The fraction of sp³-hybridized carbons (Fsp3) is 0.412. The Kier molecular flexibility index (Phi) is 4.04. The standard InChI is InChI=1S/C17H20N2O2/c1-21-17(20)15-8-4-7-14(11-15)16-18-9-10-19(16)12-13-5-2-3-6-13/h4,7-11,13H,2-3,5-6,12H2,1H3. The van der Waals surface area contributed by atoms with Crippen LogP contribution in [0.15, 0.2) is 36.7 Å². The first-order valence-electron chi connectivity index (χ1n) is 7.48. The number of hydrogen-bond donors (Lipinski definition) is 0. The van der Waals surface area contributed by atoms with Crippen LogP contribution in [0.1, 0.15) is 36.0 Å². The molecule has 0 unspecified atom stereocenters. The second-order valence-corrected chi connectivity index (χ2v) is 5.63. The molecular weight excluding hydrogens is 264 g/mol. The Morgan fingerprint density at radius 1 is 1.38 bits per heavy atom. The zero-order chi connectivity index (χ0) is 14.7. The summed E-state index contributed by atoms with van der Waals surface area (Å²) >= 11 is 0. The maximum Gasteiger partial charge on any atom is 0.337 e. The van der Waals surface area contributed by atoms with Gasteiger partial charge in [0.05, 0.1) is 12.7 Å². The van der Waals surface area contributed by atoms with Gasteiger partial charge in [-0.15, -0.1) is 0 Å². The van der Waals surface area contributed by atoms with E-state index in [1.54, 1.807) is 6.07 Å². The van der Waals surface area contributed by atoms with Crippen LogP contribution in [0, 0.1) is 5.92 Å². The molecule has 0 aliphatic heterocycles. The number of methoxy groups -OCH3 is 1. The van der Waals surface area contributed by atoms with Gasteiger partial charge < -0.3 is 9.30 Å². The largest absolute Gasteiger partial charge is 0.465 e. The maximum absolute atomic E-state index is 11.6. The first-order chi connectivity index (χ1) is 10.3. The van der Waals surface area contributed by atoms with E-state index in [2.05, 4.69) is 9.55 Å². The van der Waals surface area contributed by atoms with Crippen LogP contribution in [0.4, 0.5) is 0 Å². The van der Waals surface area contributed by atoms with E-state index in [1.807, 2.05) is 30.6 Å². The Labute approximate surface area is 124 Å². The summed E-state index contributed by atoms with van der Waals surface area (Å²) in [5.74, 6) is 1.36. The predicted molar refractivity (Wildman–Crippen MR) is 81.0 cm³/mol. The molecule has 1 saturated carbocycles. The van der Waals surface area contributed by atoms with Crippen molar-refractivity contribution < 1.29 is 9.53 Å². The van der Waals surface area contributed by atoms with Crippen LogP contribution in [-0.4, -0.2) is 22.6 Å². The van der Waals surface area contributed by atoms with E-state index in [0.29, 0.717) is 5.56 Å². The zero-order valence-electron chi connectivity index (χ0n) is 12.3. The minimum Gasteiger partial charge on any atom is -0.465 e. The van der Waals surface area contributed by atoms with Gasteiger partial charge in [0.15, 0.2) is 0 Å². The molecule has 1 heterocycles. The van der Waals surface area contributed by atoms with Gasteiger partial charge in [-0.1, -0.05) is 25.0 Å². The lowest BCUT2D eigenvalue weighted by Crippen LogP contribution is -2.08. The molecule has 4 heteroatoms. The van der Waals surface area contributed by atoms with Gasteiger partial charge in [0.2, 0.25) is 0 Å². The molecule has 0 bridgehead atoms. The maximum atomic E-state index is 11.6. The van der Waals surface area contributed by atoms with Crippen molar-refractivity contribution in [2.24, 2.45) is 5.92 Å². The van der Waals surface area contributed by atoms with Gasteiger partial charge in [-0.2, -0.15) is 0 Å². The van der Waals surface area contributed by atoms with Crippen molar-refractivity contribution in [3.63, 3.8) is 0 Å². The topological polar surface area (TPSA) is 44.1 Å². The van der Waals surface area contributed by atoms with Gasteiger partial charge in [0.25, 0.3) is 0 Å². The first-order valence-corrected chi connectivity index (χ1v) is 7.48. The lowest BCUT2D eigenvalue weighted by Gasteiger charge is -2.13. The van der Waals surface area contributed by atoms with E-state index in [9.17, 15) is 4.79 Å². The zero-order valence-corrected chi connectivity index (χ0v) is 12.3. The molecule has 110 valence electrons. The summed E-state index contributed by atoms with van der Waals surface area (Å²) in [7, 11) is 1.40. The number of imidazole rings is 1. The van der Waals surface area contributed by atoms with Crippen molar-refractivity contribution in [1.82, 2.24) is 9.55 Å². The number of rotatable bonds is 4. The lowest BCUT2D eigenvalue weighted by atomic mass is 10.1. The molecule has 0 N–H and O–H groups in total. The molecule has 1 fully saturated rings. The number of nitrogens with zero attached hydrogens (tertiary/aromatic N) is 2. The minimum absolute atomic E-state index is 0.314. The molecule has 1 aromatic heterocycles. The quantitative estimate of drug-likeness (QED) is 0.807. The Hall–Kier alpha value is -2.10. The van der Waals surface area contributed by atoms with Crippen LogP contribution >= 0.6 is 0 Å². The monoisotopic (exact) mass is 284 g/mol. The van der Waals surface area contributed by atoms with Crippen LogP contribution in [0.25, 0.3) is 11.4 Å². The molecule has 2 aromatic rings. The molecule has 4 nitrogen and oxygen atoms in total. The van der Waals surface area contributed by atoms with Gasteiger partial charge in [-0.05, 0) is 30.9 Å². The second-order valence-electron chi connectivity index (χ2n) is 5.63. The van der Waals surface area contributed by atoms with Crippen molar-refractivity contribution in [3.8, 4) is 11.4 Å². The fourth-order valence-corrected chi connectivity index (χ4v) is 3.09. The molecular formula is C17H20N2O2. The number of benzene rings is 1. The lowest BCUT2D eigenvalue weighted by molar-refractivity contribution is 0.0601. The highest BCUT2D eigenvalue weighted by atomic mass is 16.5. The summed E-state index contributed by atoms with van der Waals surface area (Å²) in [6.07, 6.45) is 9.15. The van der Waals surface area contributed by atoms with E-state index in [1.165, 1.54) is 32.8 Å². The third-order valence-corrected chi connectivity index (χ3v) is 4.19. The molecule has 0 saturated heterocycles. The van der Waals surface area contributed by atoms with Crippen molar-refractivity contribution >= 4 is 5.97 Å². The number of ether oxygens (including phenoxy) is 1. The Bertz CT molecular complexity index is 627. The average molecular weight is 284 g/mol. The van der Waals surface area contributed by atoms with Crippen molar-refractivity contribution in [2.45, 2.75) is 32.2 Å². The van der Waals surface area contributed by atoms with Gasteiger partial charge >= 0.3 is 5.97 Å². The third-order valence-electron chi connectivity index (χ3n) is 4.19. The van der Waals surface area contributed by atoms with Crippen LogP contribution in [-0.2, 0) is 11.3 Å². The van der Waals surface area contributed by atoms with E-state index < -0.39 is 0 Å². The fourth-order valence-electron chi connectivity index (χ4n) is 3.09. The highest BCUT2D eigenvalue weighted by Gasteiger charge is 2.17. The summed E-state index contributed by atoms with van der Waals surface area (Å²) in [6.45, 7) is 1.01. The van der Waals surface area contributed by atoms with Gasteiger partial charge in [0.1, 0.15) is 5.82 Å². The van der Waals surface area contributed by atoms with E-state index in [4.69, 9.17) is 4.74 Å². The molecule has 1 aromatic carbocycles. The molecule has 0 spiro atoms. The van der Waals surface area contributed by atoms with Crippen molar-refractivity contribution in [2.75, 3.05) is 7.11 Å².